The molecule has 1 fully saturated rings. The van der Waals surface area contributed by atoms with Crippen LogP contribution >= 0.6 is 11.8 Å². The van der Waals surface area contributed by atoms with Crippen LogP contribution < -0.4 is 11.1 Å². The van der Waals surface area contributed by atoms with Crippen molar-refractivity contribution in [1.29, 1.82) is 0 Å². The molecule has 1 amide bonds. The number of fused-ring (bicyclic) bond motifs is 3. The molecule has 35 heavy (non-hydrogen) atoms. The Morgan fingerprint density at radius 2 is 1.94 bits per heavy atom. The van der Waals surface area contributed by atoms with Gasteiger partial charge in [0, 0.05) is 6.04 Å². The summed E-state index contributed by atoms with van der Waals surface area (Å²) in [7, 11) is 0. The second-order valence-corrected chi connectivity index (χ2v) is 9.93. The first kappa shape index (κ1) is 21.7. The summed E-state index contributed by atoms with van der Waals surface area (Å²) in [5.74, 6) is 3.00. The number of benzene rings is 1. The van der Waals surface area contributed by atoms with Crippen LogP contribution in [0.5, 0.6) is 0 Å². The summed E-state index contributed by atoms with van der Waals surface area (Å²) in [5, 5.41) is 13.0. The lowest BCUT2D eigenvalue weighted by Gasteiger charge is -2.33. The van der Waals surface area contributed by atoms with Gasteiger partial charge in [-0.1, -0.05) is 30.3 Å². The lowest BCUT2D eigenvalue weighted by molar-refractivity contribution is -0.128. The Hall–Kier alpha value is -3.86. The summed E-state index contributed by atoms with van der Waals surface area (Å²) in [5.41, 5.74) is 6.88. The first-order chi connectivity index (χ1) is 17.1. The number of aromatic nitrogens is 6. The molecule has 4 aromatic heterocycles. The topological polar surface area (TPSA) is 129 Å². The Bertz CT molecular complexity index is 1510. The fourth-order valence-electron chi connectivity index (χ4n) is 4.53. The molecule has 1 saturated heterocycles. The molecule has 1 aliphatic heterocycles. The van der Waals surface area contributed by atoms with Gasteiger partial charge in [-0.25, -0.2) is 9.67 Å². The number of nitrogens with zero attached hydrogens (tertiary/aromatic N) is 6. The molecule has 5 heterocycles. The minimum Gasteiger partial charge on any atom is -0.461 e. The fourth-order valence-corrected chi connectivity index (χ4v) is 5.63. The molecule has 0 unspecified atom stereocenters. The van der Waals surface area contributed by atoms with Crippen LogP contribution in [0.25, 0.3) is 28.3 Å². The van der Waals surface area contributed by atoms with Gasteiger partial charge in [0.25, 0.3) is 5.91 Å². The molecule has 6 rings (SSSR count). The molecule has 0 aliphatic carbocycles. The zero-order chi connectivity index (χ0) is 24.0. The molecule has 11 heteroatoms. The van der Waals surface area contributed by atoms with Crippen LogP contribution in [-0.4, -0.2) is 52.8 Å². The normalized spacial score (nSPS) is 16.5. The number of rotatable bonds is 5. The summed E-state index contributed by atoms with van der Waals surface area (Å²) in [6.45, 7) is 1.86. The van der Waals surface area contributed by atoms with Crippen LogP contribution in [0.4, 0.5) is 5.95 Å². The van der Waals surface area contributed by atoms with Crippen molar-refractivity contribution in [3.63, 3.8) is 0 Å². The predicted molar refractivity (Wildman–Crippen MR) is 134 cm³/mol. The Kier molecular flexibility index (Phi) is 5.21. The average Bonchev–Trinajstić information content (AvgIpc) is 3.64. The monoisotopic (exact) mass is 488 g/mol. The minimum atomic E-state index is -1.16. The Morgan fingerprint density at radius 3 is 2.69 bits per heavy atom. The van der Waals surface area contributed by atoms with E-state index in [4.69, 9.17) is 10.2 Å². The van der Waals surface area contributed by atoms with Crippen molar-refractivity contribution >= 4 is 40.3 Å². The standard InChI is InChI=1S/C24H24N8O2S/c1-24(15-6-3-2-4-7-15,22(33)27-16-9-12-35-13-10-16)32-21-17(14-26-32)20-28-19(18-8-5-11-34-18)30-31(20)23(25)29-21/h2-8,11,14,16H,9-10,12-13H2,1H3,(H2,25,29)(H,27,33)/t24-/m1/s1. The van der Waals surface area contributed by atoms with Crippen molar-refractivity contribution < 1.29 is 9.21 Å². The first-order valence-corrected chi connectivity index (χ1v) is 12.6. The van der Waals surface area contributed by atoms with Crippen LogP contribution in [0.15, 0.2) is 59.3 Å². The molecule has 3 N–H and O–H groups in total. The molecule has 0 bridgehead atoms. The third kappa shape index (κ3) is 3.54. The zero-order valence-corrected chi connectivity index (χ0v) is 19.9. The van der Waals surface area contributed by atoms with E-state index in [1.165, 1.54) is 4.52 Å². The van der Waals surface area contributed by atoms with Crippen LogP contribution in [0.1, 0.15) is 25.3 Å². The number of carbonyl (C=O) groups excluding carboxylic acids is 1. The van der Waals surface area contributed by atoms with Crippen molar-refractivity contribution in [1.82, 2.24) is 34.7 Å². The lowest BCUT2D eigenvalue weighted by atomic mass is 9.90. The smallest absolute Gasteiger partial charge is 0.252 e. The molecule has 10 nitrogen and oxygen atoms in total. The van der Waals surface area contributed by atoms with Gasteiger partial charge in [0.05, 0.1) is 17.8 Å². The largest absolute Gasteiger partial charge is 0.461 e. The van der Waals surface area contributed by atoms with E-state index in [1.807, 2.05) is 49.0 Å². The number of nitrogens with one attached hydrogen (secondary N) is 1. The number of hydrogen-bond acceptors (Lipinski definition) is 8. The summed E-state index contributed by atoms with van der Waals surface area (Å²) >= 11 is 1.92. The third-order valence-corrected chi connectivity index (χ3v) is 7.58. The molecule has 0 radical (unpaired) electrons. The number of amides is 1. The maximum absolute atomic E-state index is 13.9. The summed E-state index contributed by atoms with van der Waals surface area (Å²) in [4.78, 5) is 23.1. The van der Waals surface area contributed by atoms with Crippen molar-refractivity contribution in [2.45, 2.75) is 31.3 Å². The van der Waals surface area contributed by atoms with Gasteiger partial charge in [-0.05, 0) is 49.0 Å². The van der Waals surface area contributed by atoms with E-state index in [9.17, 15) is 4.79 Å². The highest BCUT2D eigenvalue weighted by Gasteiger charge is 2.41. The van der Waals surface area contributed by atoms with Crippen LogP contribution in [0.2, 0.25) is 0 Å². The quantitative estimate of drug-likeness (QED) is 0.386. The lowest BCUT2D eigenvalue weighted by Crippen LogP contribution is -2.51. The summed E-state index contributed by atoms with van der Waals surface area (Å²) in [6, 6.07) is 13.3. The molecule has 1 aliphatic rings. The number of thioether (sulfide) groups is 1. The molecule has 1 aromatic carbocycles. The summed E-state index contributed by atoms with van der Waals surface area (Å²) in [6.07, 6.45) is 5.11. The number of nitrogen functional groups attached to an aromatic ring is 1. The Morgan fingerprint density at radius 1 is 1.14 bits per heavy atom. The van der Waals surface area contributed by atoms with E-state index in [0.29, 0.717) is 28.3 Å². The zero-order valence-electron chi connectivity index (χ0n) is 19.1. The Balaban J connectivity index is 1.51. The van der Waals surface area contributed by atoms with Gasteiger partial charge in [0.2, 0.25) is 11.8 Å². The molecule has 0 saturated carbocycles. The van der Waals surface area contributed by atoms with Gasteiger partial charge in [-0.15, -0.1) is 5.10 Å². The third-order valence-electron chi connectivity index (χ3n) is 6.53. The van der Waals surface area contributed by atoms with Crippen molar-refractivity contribution in [2.24, 2.45) is 0 Å². The maximum Gasteiger partial charge on any atom is 0.252 e. The average molecular weight is 489 g/mol. The molecular formula is C24H24N8O2S. The van der Waals surface area contributed by atoms with Gasteiger partial charge in [0.1, 0.15) is 0 Å². The van der Waals surface area contributed by atoms with Crippen LogP contribution in [0.3, 0.4) is 0 Å². The van der Waals surface area contributed by atoms with E-state index in [-0.39, 0.29) is 17.9 Å². The minimum absolute atomic E-state index is 0.130. The predicted octanol–water partition coefficient (Wildman–Crippen LogP) is 3.09. The second-order valence-electron chi connectivity index (χ2n) is 8.71. The molecular weight excluding hydrogens is 464 g/mol. The molecule has 1 atom stereocenters. The molecule has 5 aromatic rings. The van der Waals surface area contributed by atoms with Crippen molar-refractivity contribution in [2.75, 3.05) is 17.2 Å². The van der Waals surface area contributed by atoms with E-state index < -0.39 is 5.54 Å². The van der Waals surface area contributed by atoms with E-state index in [2.05, 4.69) is 25.5 Å². The van der Waals surface area contributed by atoms with Gasteiger partial charge in [-0.2, -0.15) is 26.4 Å². The number of anilines is 1. The highest BCUT2D eigenvalue weighted by Crippen LogP contribution is 2.32. The second kappa shape index (κ2) is 8.42. The van der Waals surface area contributed by atoms with Crippen molar-refractivity contribution in [3.05, 3.63) is 60.5 Å². The molecule has 0 spiro atoms. The first-order valence-electron chi connectivity index (χ1n) is 11.4. The van der Waals surface area contributed by atoms with Gasteiger partial charge < -0.3 is 15.5 Å². The number of nitrogens with two attached hydrogens (primary N) is 1. The Labute approximate surface area is 204 Å². The van der Waals surface area contributed by atoms with Gasteiger partial charge in [0.15, 0.2) is 22.6 Å². The summed E-state index contributed by atoms with van der Waals surface area (Å²) < 4.78 is 8.55. The molecule has 178 valence electrons. The van der Waals surface area contributed by atoms with Crippen LogP contribution in [-0.2, 0) is 10.3 Å². The number of furan rings is 1. The highest BCUT2D eigenvalue weighted by molar-refractivity contribution is 7.99. The van der Waals surface area contributed by atoms with E-state index >= 15 is 0 Å². The number of hydrogen-bond donors (Lipinski definition) is 2. The van der Waals surface area contributed by atoms with E-state index in [0.717, 1.165) is 29.9 Å². The number of carbonyl (C=O) groups is 1. The van der Waals surface area contributed by atoms with Gasteiger partial charge >= 0.3 is 0 Å². The highest BCUT2D eigenvalue weighted by atomic mass is 32.2. The van der Waals surface area contributed by atoms with E-state index in [1.54, 1.807) is 29.3 Å². The van der Waals surface area contributed by atoms with Gasteiger partial charge in [-0.3, -0.25) is 4.79 Å². The SMILES string of the molecule is C[C@](C(=O)NC1CCSCC1)(c1ccccc1)n1ncc2c1nc(N)n1nc(-c3ccco3)nc21. The maximum atomic E-state index is 13.9. The fraction of sp³-hybridized carbons (Fsp3) is 0.292. The van der Waals surface area contributed by atoms with Crippen LogP contribution in [0, 0.1) is 0 Å². The van der Waals surface area contributed by atoms with Crippen molar-refractivity contribution in [3.8, 4) is 11.6 Å².